The van der Waals surface area contributed by atoms with E-state index < -0.39 is 0 Å². The molecule has 0 spiro atoms. The molecule has 0 radical (unpaired) electrons. The van der Waals surface area contributed by atoms with Crippen LogP contribution < -0.4 is 10.6 Å². The summed E-state index contributed by atoms with van der Waals surface area (Å²) < 4.78 is 0. The first kappa shape index (κ1) is 16.6. The monoisotopic (exact) mass is 344 g/mol. The van der Waals surface area contributed by atoms with Gasteiger partial charge in [-0.15, -0.1) is 0 Å². The molecule has 1 saturated carbocycles. The highest BCUT2D eigenvalue weighted by atomic mass is 15.1. The van der Waals surface area contributed by atoms with Crippen LogP contribution in [0.1, 0.15) is 24.8 Å². The molecule has 0 saturated heterocycles. The Labute approximate surface area is 154 Å². The Morgan fingerprint density at radius 2 is 1.54 bits per heavy atom. The number of benzene rings is 2. The molecule has 4 heteroatoms. The van der Waals surface area contributed by atoms with Gasteiger partial charge in [0.05, 0.1) is 0 Å². The molecule has 0 bridgehead atoms. The lowest BCUT2D eigenvalue weighted by molar-refractivity contribution is 0.858. The van der Waals surface area contributed by atoms with Crippen molar-refractivity contribution in [3.8, 4) is 11.4 Å². The van der Waals surface area contributed by atoms with Crippen LogP contribution in [0.15, 0.2) is 66.7 Å². The van der Waals surface area contributed by atoms with Crippen molar-refractivity contribution in [3.63, 3.8) is 0 Å². The van der Waals surface area contributed by atoms with Crippen LogP contribution in [0, 0.1) is 0 Å². The first-order valence-electron chi connectivity index (χ1n) is 9.36. The number of hydrogen-bond donors (Lipinski definition) is 2. The largest absolute Gasteiger partial charge is 0.370 e. The lowest BCUT2D eigenvalue weighted by Gasteiger charge is -2.11. The first-order chi connectivity index (χ1) is 12.9. The van der Waals surface area contributed by atoms with E-state index in [4.69, 9.17) is 9.97 Å². The average Bonchev–Trinajstić information content (AvgIpc) is 3.51. The number of aromatic nitrogens is 2. The van der Waals surface area contributed by atoms with E-state index in [2.05, 4.69) is 53.1 Å². The summed E-state index contributed by atoms with van der Waals surface area (Å²) in [6, 6.07) is 23.3. The van der Waals surface area contributed by atoms with E-state index in [1.165, 1.54) is 18.4 Å². The normalized spacial score (nSPS) is 13.4. The predicted octanol–water partition coefficient (Wildman–Crippen LogP) is 4.76. The quantitative estimate of drug-likeness (QED) is 0.578. The van der Waals surface area contributed by atoms with Crippen LogP contribution in [-0.4, -0.2) is 22.6 Å². The number of nitrogens with one attached hydrogen (secondary N) is 2. The zero-order valence-corrected chi connectivity index (χ0v) is 14.9. The molecule has 1 fully saturated rings. The molecule has 0 aliphatic heterocycles. The molecular formula is C22H24N4. The molecule has 1 heterocycles. The molecule has 4 nitrogen and oxygen atoms in total. The van der Waals surface area contributed by atoms with Gasteiger partial charge >= 0.3 is 0 Å². The fourth-order valence-corrected chi connectivity index (χ4v) is 2.92. The maximum atomic E-state index is 4.71. The standard InChI is InChI=1S/C22H24N4/c1-3-8-17(9-4-1)10-7-15-23-20-16-21(24-19-13-14-19)26-22(25-20)18-11-5-2-6-12-18/h1-6,8-9,11-12,16,19H,7,10,13-15H2,(H2,23,24,25,26). The van der Waals surface area contributed by atoms with Crippen molar-refractivity contribution < 1.29 is 0 Å². The zero-order chi connectivity index (χ0) is 17.6. The highest BCUT2D eigenvalue weighted by molar-refractivity contribution is 5.61. The first-order valence-corrected chi connectivity index (χ1v) is 9.36. The van der Waals surface area contributed by atoms with Gasteiger partial charge in [0.2, 0.25) is 0 Å². The van der Waals surface area contributed by atoms with Crippen LogP contribution in [0.5, 0.6) is 0 Å². The average molecular weight is 344 g/mol. The van der Waals surface area contributed by atoms with Gasteiger partial charge in [0.1, 0.15) is 11.6 Å². The Morgan fingerprint density at radius 3 is 2.27 bits per heavy atom. The van der Waals surface area contributed by atoms with Crippen LogP contribution in [-0.2, 0) is 6.42 Å². The van der Waals surface area contributed by atoms with Crippen molar-refractivity contribution >= 4 is 11.6 Å². The van der Waals surface area contributed by atoms with Crippen molar-refractivity contribution in [1.29, 1.82) is 0 Å². The molecule has 4 rings (SSSR count). The van der Waals surface area contributed by atoms with E-state index in [0.29, 0.717) is 6.04 Å². The van der Waals surface area contributed by atoms with Gasteiger partial charge in [-0.1, -0.05) is 60.7 Å². The maximum Gasteiger partial charge on any atom is 0.163 e. The predicted molar refractivity (Wildman–Crippen MR) is 107 cm³/mol. The van der Waals surface area contributed by atoms with Crippen LogP contribution in [0.3, 0.4) is 0 Å². The Kier molecular flexibility index (Phi) is 5.10. The van der Waals surface area contributed by atoms with E-state index in [9.17, 15) is 0 Å². The molecule has 2 N–H and O–H groups in total. The second-order valence-electron chi connectivity index (χ2n) is 6.76. The minimum absolute atomic E-state index is 0.569. The van der Waals surface area contributed by atoms with E-state index in [1.54, 1.807) is 0 Å². The summed E-state index contributed by atoms with van der Waals surface area (Å²) in [4.78, 5) is 9.41. The molecular weight excluding hydrogens is 320 g/mol. The third-order valence-electron chi connectivity index (χ3n) is 4.48. The van der Waals surface area contributed by atoms with Gasteiger partial charge in [-0.05, 0) is 31.2 Å². The molecule has 2 aromatic carbocycles. The topological polar surface area (TPSA) is 49.8 Å². The molecule has 132 valence electrons. The summed E-state index contributed by atoms with van der Waals surface area (Å²) in [5, 5.41) is 6.96. The zero-order valence-electron chi connectivity index (χ0n) is 14.9. The van der Waals surface area contributed by atoms with Gasteiger partial charge in [0.25, 0.3) is 0 Å². The SMILES string of the molecule is c1ccc(CCCNc2cc(NC3CC3)nc(-c3ccccc3)n2)cc1. The highest BCUT2D eigenvalue weighted by Gasteiger charge is 2.22. The number of nitrogens with zero attached hydrogens (tertiary/aromatic N) is 2. The minimum atomic E-state index is 0.569. The molecule has 1 aromatic heterocycles. The van der Waals surface area contributed by atoms with Crippen LogP contribution >= 0.6 is 0 Å². The van der Waals surface area contributed by atoms with Gasteiger partial charge in [-0.2, -0.15) is 0 Å². The van der Waals surface area contributed by atoms with E-state index in [1.807, 2.05) is 24.3 Å². The van der Waals surface area contributed by atoms with Gasteiger partial charge in [-0.25, -0.2) is 9.97 Å². The van der Waals surface area contributed by atoms with Crippen LogP contribution in [0.4, 0.5) is 11.6 Å². The summed E-state index contributed by atoms with van der Waals surface area (Å²) >= 11 is 0. The van der Waals surface area contributed by atoms with E-state index in [-0.39, 0.29) is 0 Å². The number of anilines is 2. The number of rotatable bonds is 8. The molecule has 0 atom stereocenters. The van der Waals surface area contributed by atoms with Crippen molar-refractivity contribution in [2.45, 2.75) is 31.7 Å². The fourth-order valence-electron chi connectivity index (χ4n) is 2.92. The molecule has 26 heavy (non-hydrogen) atoms. The lowest BCUT2D eigenvalue weighted by Crippen LogP contribution is -2.09. The number of aryl methyl sites for hydroxylation is 1. The van der Waals surface area contributed by atoms with E-state index in [0.717, 1.165) is 42.4 Å². The maximum absolute atomic E-state index is 4.71. The molecule has 0 amide bonds. The van der Waals surface area contributed by atoms with Gasteiger partial charge in [-0.3, -0.25) is 0 Å². The summed E-state index contributed by atoms with van der Waals surface area (Å²) in [6.45, 7) is 0.892. The summed E-state index contributed by atoms with van der Waals surface area (Å²) in [7, 11) is 0. The van der Waals surface area contributed by atoms with E-state index >= 15 is 0 Å². The van der Waals surface area contributed by atoms with Gasteiger partial charge in [0, 0.05) is 24.2 Å². The Bertz CT molecular complexity index is 829. The van der Waals surface area contributed by atoms with Crippen molar-refractivity contribution in [2.24, 2.45) is 0 Å². The smallest absolute Gasteiger partial charge is 0.163 e. The molecule has 1 aliphatic carbocycles. The third kappa shape index (κ3) is 4.60. The highest BCUT2D eigenvalue weighted by Crippen LogP contribution is 2.26. The fraction of sp³-hybridized carbons (Fsp3) is 0.273. The molecule has 1 aliphatic rings. The van der Waals surface area contributed by atoms with Crippen molar-refractivity contribution in [2.75, 3.05) is 17.2 Å². The molecule has 0 unspecified atom stereocenters. The third-order valence-corrected chi connectivity index (χ3v) is 4.48. The van der Waals surface area contributed by atoms with Gasteiger partial charge in [0.15, 0.2) is 5.82 Å². The summed E-state index contributed by atoms with van der Waals surface area (Å²) in [5.41, 5.74) is 2.41. The molecule has 3 aromatic rings. The second-order valence-corrected chi connectivity index (χ2v) is 6.76. The van der Waals surface area contributed by atoms with Crippen LogP contribution in [0.25, 0.3) is 11.4 Å². The Balaban J connectivity index is 1.43. The lowest BCUT2D eigenvalue weighted by atomic mass is 10.1. The number of hydrogen-bond acceptors (Lipinski definition) is 4. The summed E-state index contributed by atoms with van der Waals surface area (Å²) in [6.07, 6.45) is 4.59. The second kappa shape index (κ2) is 8.00. The van der Waals surface area contributed by atoms with Crippen LogP contribution in [0.2, 0.25) is 0 Å². The minimum Gasteiger partial charge on any atom is -0.370 e. The van der Waals surface area contributed by atoms with Crippen molar-refractivity contribution in [3.05, 3.63) is 72.3 Å². The Morgan fingerprint density at radius 1 is 0.846 bits per heavy atom. The Hall–Kier alpha value is -2.88. The summed E-state index contributed by atoms with van der Waals surface area (Å²) in [5.74, 6) is 2.56. The van der Waals surface area contributed by atoms with Crippen molar-refractivity contribution in [1.82, 2.24) is 9.97 Å². The van der Waals surface area contributed by atoms with Gasteiger partial charge < -0.3 is 10.6 Å².